The maximum Gasteiger partial charge on any atom is 0.171 e. The second-order valence-electron chi connectivity index (χ2n) is 3.75. The number of rotatable bonds is 4. The van der Waals surface area contributed by atoms with Gasteiger partial charge in [-0.1, -0.05) is 0 Å². The Hall–Kier alpha value is -1.32. The van der Waals surface area contributed by atoms with Crippen molar-refractivity contribution < 1.29 is 0 Å². The highest BCUT2D eigenvalue weighted by atomic mass is 15.2. The third-order valence-corrected chi connectivity index (χ3v) is 2.56. The number of anilines is 2. The Morgan fingerprint density at radius 2 is 2.14 bits per heavy atom. The normalized spacial score (nSPS) is 15.5. The van der Waals surface area contributed by atoms with Crippen LogP contribution in [-0.2, 0) is 0 Å². The van der Waals surface area contributed by atoms with Crippen molar-refractivity contribution >= 4 is 11.6 Å². The molecule has 0 aromatic carbocycles. The van der Waals surface area contributed by atoms with Gasteiger partial charge in [0.15, 0.2) is 11.6 Å². The summed E-state index contributed by atoms with van der Waals surface area (Å²) in [6.07, 6.45) is 6.01. The molecule has 0 saturated heterocycles. The highest BCUT2D eigenvalue weighted by Gasteiger charge is 2.25. The molecule has 4 nitrogen and oxygen atoms in total. The Morgan fingerprint density at radius 3 is 2.71 bits per heavy atom. The average Bonchev–Trinajstić information content (AvgIpc) is 2.99. The Morgan fingerprint density at radius 1 is 1.43 bits per heavy atom. The lowest BCUT2D eigenvalue weighted by molar-refractivity contribution is 0.731. The number of hydrogen-bond donors (Lipinski definition) is 1. The molecular formula is C10H16N4. The molecule has 1 fully saturated rings. The smallest absolute Gasteiger partial charge is 0.171 e. The predicted octanol–water partition coefficient (Wildman–Crippen LogP) is 1.30. The highest BCUT2D eigenvalue weighted by Crippen LogP contribution is 2.31. The highest BCUT2D eigenvalue weighted by molar-refractivity contribution is 5.57. The van der Waals surface area contributed by atoms with Gasteiger partial charge in [-0.25, -0.2) is 9.97 Å². The molecule has 4 heteroatoms. The molecule has 0 spiro atoms. The Bertz CT molecular complexity index is 309. The SMILES string of the molecule is CCN(CC1CC1)c1nccnc1N. The van der Waals surface area contributed by atoms with E-state index in [0.717, 1.165) is 24.8 Å². The monoisotopic (exact) mass is 192 g/mol. The molecule has 76 valence electrons. The van der Waals surface area contributed by atoms with Crippen LogP contribution in [0.1, 0.15) is 19.8 Å². The number of nitrogens with zero attached hydrogens (tertiary/aromatic N) is 3. The van der Waals surface area contributed by atoms with E-state index in [-0.39, 0.29) is 0 Å². The lowest BCUT2D eigenvalue weighted by Crippen LogP contribution is -2.27. The van der Waals surface area contributed by atoms with Gasteiger partial charge in [0.1, 0.15) is 0 Å². The summed E-state index contributed by atoms with van der Waals surface area (Å²) < 4.78 is 0. The van der Waals surface area contributed by atoms with Crippen molar-refractivity contribution in [2.75, 3.05) is 23.7 Å². The molecule has 2 rings (SSSR count). The van der Waals surface area contributed by atoms with Gasteiger partial charge in [-0.3, -0.25) is 0 Å². The first-order valence-corrected chi connectivity index (χ1v) is 5.12. The number of hydrogen-bond acceptors (Lipinski definition) is 4. The summed E-state index contributed by atoms with van der Waals surface area (Å²) in [5.74, 6) is 2.22. The third kappa shape index (κ3) is 1.95. The Balaban J connectivity index is 2.12. The predicted molar refractivity (Wildman–Crippen MR) is 57.1 cm³/mol. The number of nitrogens with two attached hydrogens (primary N) is 1. The molecule has 1 aliphatic rings. The second-order valence-corrected chi connectivity index (χ2v) is 3.75. The first-order chi connectivity index (χ1) is 6.81. The lowest BCUT2D eigenvalue weighted by Gasteiger charge is -2.22. The Labute approximate surface area is 84.2 Å². The van der Waals surface area contributed by atoms with Crippen LogP contribution in [0.2, 0.25) is 0 Å². The number of nitrogen functional groups attached to an aromatic ring is 1. The summed E-state index contributed by atoms with van der Waals surface area (Å²) in [5, 5.41) is 0. The second kappa shape index (κ2) is 3.82. The summed E-state index contributed by atoms with van der Waals surface area (Å²) in [6, 6.07) is 0. The molecular weight excluding hydrogens is 176 g/mol. The molecule has 1 aliphatic carbocycles. The Kier molecular flexibility index (Phi) is 2.52. The topological polar surface area (TPSA) is 55.0 Å². The van der Waals surface area contributed by atoms with Crippen molar-refractivity contribution in [1.82, 2.24) is 9.97 Å². The van der Waals surface area contributed by atoms with Crippen LogP contribution in [0.3, 0.4) is 0 Å². The molecule has 14 heavy (non-hydrogen) atoms. The molecule has 2 N–H and O–H groups in total. The van der Waals surface area contributed by atoms with E-state index in [1.54, 1.807) is 12.4 Å². The van der Waals surface area contributed by atoms with Crippen molar-refractivity contribution in [3.63, 3.8) is 0 Å². The van der Waals surface area contributed by atoms with Crippen molar-refractivity contribution in [2.45, 2.75) is 19.8 Å². The van der Waals surface area contributed by atoms with E-state index in [0.29, 0.717) is 5.82 Å². The zero-order valence-electron chi connectivity index (χ0n) is 8.48. The van der Waals surface area contributed by atoms with Crippen LogP contribution in [0.5, 0.6) is 0 Å². The summed E-state index contributed by atoms with van der Waals surface area (Å²) in [5.41, 5.74) is 5.78. The molecule has 1 aromatic rings. The van der Waals surface area contributed by atoms with Gasteiger partial charge in [-0.05, 0) is 25.7 Å². The van der Waals surface area contributed by atoms with E-state index in [4.69, 9.17) is 5.73 Å². The summed E-state index contributed by atoms with van der Waals surface area (Å²) >= 11 is 0. The van der Waals surface area contributed by atoms with Crippen LogP contribution in [0.4, 0.5) is 11.6 Å². The van der Waals surface area contributed by atoms with Gasteiger partial charge in [0.2, 0.25) is 0 Å². The zero-order chi connectivity index (χ0) is 9.97. The van der Waals surface area contributed by atoms with Crippen LogP contribution >= 0.6 is 0 Å². The molecule has 1 heterocycles. The summed E-state index contributed by atoms with van der Waals surface area (Å²) in [6.45, 7) is 4.13. The minimum Gasteiger partial charge on any atom is -0.381 e. The van der Waals surface area contributed by atoms with E-state index in [9.17, 15) is 0 Å². The van der Waals surface area contributed by atoms with Gasteiger partial charge < -0.3 is 10.6 Å². The van der Waals surface area contributed by atoms with E-state index in [2.05, 4.69) is 21.8 Å². The molecule has 0 unspecified atom stereocenters. The fourth-order valence-corrected chi connectivity index (χ4v) is 1.56. The van der Waals surface area contributed by atoms with Gasteiger partial charge in [-0.2, -0.15) is 0 Å². The van der Waals surface area contributed by atoms with Crippen molar-refractivity contribution in [2.24, 2.45) is 5.92 Å². The summed E-state index contributed by atoms with van der Waals surface area (Å²) in [4.78, 5) is 10.5. The number of aromatic nitrogens is 2. The van der Waals surface area contributed by atoms with Gasteiger partial charge in [-0.15, -0.1) is 0 Å². The lowest BCUT2D eigenvalue weighted by atomic mass is 10.3. The quantitative estimate of drug-likeness (QED) is 0.781. The van der Waals surface area contributed by atoms with Gasteiger partial charge in [0.25, 0.3) is 0 Å². The average molecular weight is 192 g/mol. The maximum absolute atomic E-state index is 5.78. The van der Waals surface area contributed by atoms with Gasteiger partial charge in [0, 0.05) is 25.5 Å². The van der Waals surface area contributed by atoms with Crippen LogP contribution < -0.4 is 10.6 Å². The molecule has 0 radical (unpaired) electrons. The first kappa shape index (κ1) is 9.24. The minimum absolute atomic E-state index is 0.537. The van der Waals surface area contributed by atoms with E-state index < -0.39 is 0 Å². The standard InChI is InChI=1S/C10H16N4/c1-2-14(7-8-3-4-8)10-9(11)12-5-6-13-10/h5-6,8H,2-4,7H2,1H3,(H2,11,12). The van der Waals surface area contributed by atoms with Crippen LogP contribution in [0.25, 0.3) is 0 Å². The molecule has 0 aliphatic heterocycles. The largest absolute Gasteiger partial charge is 0.381 e. The molecule has 1 saturated carbocycles. The maximum atomic E-state index is 5.78. The van der Waals surface area contributed by atoms with Crippen molar-refractivity contribution in [3.05, 3.63) is 12.4 Å². The summed E-state index contributed by atoms with van der Waals surface area (Å²) in [7, 11) is 0. The third-order valence-electron chi connectivity index (χ3n) is 2.56. The van der Waals surface area contributed by atoms with E-state index >= 15 is 0 Å². The molecule has 0 bridgehead atoms. The van der Waals surface area contributed by atoms with Crippen LogP contribution in [0, 0.1) is 5.92 Å². The van der Waals surface area contributed by atoms with Gasteiger partial charge >= 0.3 is 0 Å². The minimum atomic E-state index is 0.537. The molecule has 0 amide bonds. The van der Waals surface area contributed by atoms with Crippen molar-refractivity contribution in [1.29, 1.82) is 0 Å². The fraction of sp³-hybridized carbons (Fsp3) is 0.600. The first-order valence-electron chi connectivity index (χ1n) is 5.12. The van der Waals surface area contributed by atoms with Crippen molar-refractivity contribution in [3.8, 4) is 0 Å². The van der Waals surface area contributed by atoms with E-state index in [1.165, 1.54) is 12.8 Å². The van der Waals surface area contributed by atoms with Crippen LogP contribution in [0.15, 0.2) is 12.4 Å². The zero-order valence-corrected chi connectivity index (χ0v) is 8.48. The molecule has 1 aromatic heterocycles. The van der Waals surface area contributed by atoms with Crippen LogP contribution in [-0.4, -0.2) is 23.1 Å². The molecule has 0 atom stereocenters. The van der Waals surface area contributed by atoms with E-state index in [1.807, 2.05) is 0 Å². The fourth-order valence-electron chi connectivity index (χ4n) is 1.56. The van der Waals surface area contributed by atoms with Gasteiger partial charge in [0.05, 0.1) is 0 Å².